The summed E-state index contributed by atoms with van der Waals surface area (Å²) in [6, 6.07) is 10.6. The summed E-state index contributed by atoms with van der Waals surface area (Å²) in [5.74, 6) is -0.452. The minimum atomic E-state index is -3.75. The Morgan fingerprint density at radius 3 is 2.78 bits per heavy atom. The van der Waals surface area contributed by atoms with Crippen LogP contribution in [0.15, 0.2) is 52.5 Å². The van der Waals surface area contributed by atoms with Gasteiger partial charge in [-0.05, 0) is 24.3 Å². The van der Waals surface area contributed by atoms with Crippen LogP contribution < -0.4 is 4.74 Å². The quantitative estimate of drug-likeness (QED) is 0.777. The van der Waals surface area contributed by atoms with E-state index in [2.05, 4.69) is 5.16 Å². The van der Waals surface area contributed by atoms with Crippen molar-refractivity contribution >= 4 is 27.3 Å². The molecule has 142 valence electrons. The molecular weight excluding hydrogens is 395 g/mol. The zero-order chi connectivity index (χ0) is 19.2. The number of sulfonamides is 1. The van der Waals surface area contributed by atoms with E-state index >= 15 is 0 Å². The van der Waals surface area contributed by atoms with Crippen molar-refractivity contribution in [1.29, 1.82) is 0 Å². The van der Waals surface area contributed by atoms with Gasteiger partial charge in [0.05, 0.1) is 40.8 Å². The SMILES string of the molecule is COc1cccc(S(=O)(=O)N2CC3ON=C(c4c(F)cccc4Cl)C3C2)c1. The van der Waals surface area contributed by atoms with Crippen LogP contribution >= 0.6 is 11.6 Å². The average molecular weight is 411 g/mol. The number of hydrogen-bond donors (Lipinski definition) is 0. The van der Waals surface area contributed by atoms with Crippen molar-refractivity contribution in [2.75, 3.05) is 20.2 Å². The van der Waals surface area contributed by atoms with Gasteiger partial charge in [0.2, 0.25) is 10.0 Å². The Morgan fingerprint density at radius 1 is 1.26 bits per heavy atom. The first-order valence-electron chi connectivity index (χ1n) is 8.24. The molecule has 6 nitrogen and oxygen atoms in total. The van der Waals surface area contributed by atoms with E-state index in [9.17, 15) is 12.8 Å². The lowest BCUT2D eigenvalue weighted by Crippen LogP contribution is -2.30. The van der Waals surface area contributed by atoms with Gasteiger partial charge < -0.3 is 9.57 Å². The van der Waals surface area contributed by atoms with Gasteiger partial charge in [0.15, 0.2) is 6.10 Å². The molecule has 0 amide bonds. The normalized spacial score (nSPS) is 22.3. The highest BCUT2D eigenvalue weighted by Gasteiger charge is 2.47. The Kier molecular flexibility index (Phi) is 4.57. The van der Waals surface area contributed by atoms with Crippen molar-refractivity contribution in [2.24, 2.45) is 11.1 Å². The topological polar surface area (TPSA) is 68.2 Å². The highest BCUT2D eigenvalue weighted by molar-refractivity contribution is 7.89. The van der Waals surface area contributed by atoms with Crippen molar-refractivity contribution in [1.82, 2.24) is 4.31 Å². The Bertz CT molecular complexity index is 1010. The monoisotopic (exact) mass is 410 g/mol. The van der Waals surface area contributed by atoms with Crippen LogP contribution in [-0.4, -0.2) is 44.7 Å². The minimum Gasteiger partial charge on any atom is -0.497 e. The third kappa shape index (κ3) is 3.07. The second-order valence-corrected chi connectivity index (χ2v) is 8.67. The third-order valence-corrected chi connectivity index (χ3v) is 6.91. The van der Waals surface area contributed by atoms with E-state index in [0.29, 0.717) is 11.5 Å². The van der Waals surface area contributed by atoms with Gasteiger partial charge in [-0.25, -0.2) is 12.8 Å². The van der Waals surface area contributed by atoms with Crippen molar-refractivity contribution in [2.45, 2.75) is 11.0 Å². The van der Waals surface area contributed by atoms with E-state index in [1.807, 2.05) is 0 Å². The van der Waals surface area contributed by atoms with Gasteiger partial charge in [0.25, 0.3) is 0 Å². The molecule has 0 aliphatic carbocycles. The zero-order valence-corrected chi connectivity index (χ0v) is 15.9. The summed E-state index contributed by atoms with van der Waals surface area (Å²) in [7, 11) is -2.27. The van der Waals surface area contributed by atoms with E-state index < -0.39 is 21.9 Å². The molecule has 2 unspecified atom stereocenters. The second kappa shape index (κ2) is 6.78. The van der Waals surface area contributed by atoms with Gasteiger partial charge in [-0.1, -0.05) is 28.9 Å². The van der Waals surface area contributed by atoms with Crippen LogP contribution in [0.25, 0.3) is 0 Å². The molecule has 4 rings (SSSR count). The Balaban J connectivity index is 1.63. The van der Waals surface area contributed by atoms with Gasteiger partial charge in [-0.3, -0.25) is 0 Å². The summed E-state index contributed by atoms with van der Waals surface area (Å²) in [6.45, 7) is 0.261. The maximum absolute atomic E-state index is 14.3. The fourth-order valence-corrected chi connectivity index (χ4v) is 5.16. The van der Waals surface area contributed by atoms with E-state index in [0.717, 1.165) is 0 Å². The molecule has 0 spiro atoms. The molecular formula is C18H16ClFN2O4S. The van der Waals surface area contributed by atoms with E-state index in [-0.39, 0.29) is 34.5 Å². The number of nitrogens with zero attached hydrogens (tertiary/aromatic N) is 2. The Morgan fingerprint density at radius 2 is 2.04 bits per heavy atom. The van der Waals surface area contributed by atoms with Gasteiger partial charge >= 0.3 is 0 Å². The van der Waals surface area contributed by atoms with Crippen molar-refractivity contribution in [3.63, 3.8) is 0 Å². The number of rotatable bonds is 4. The number of fused-ring (bicyclic) bond motifs is 1. The zero-order valence-electron chi connectivity index (χ0n) is 14.3. The molecule has 2 aliphatic rings. The van der Waals surface area contributed by atoms with E-state index in [4.69, 9.17) is 21.2 Å². The van der Waals surface area contributed by atoms with Gasteiger partial charge in [0, 0.05) is 12.6 Å². The van der Waals surface area contributed by atoms with Crippen molar-refractivity contribution in [3.8, 4) is 5.75 Å². The summed E-state index contributed by atoms with van der Waals surface area (Å²) in [4.78, 5) is 5.52. The van der Waals surface area contributed by atoms with Crippen LogP contribution in [0.1, 0.15) is 5.56 Å². The molecule has 9 heteroatoms. The third-order valence-electron chi connectivity index (χ3n) is 4.77. The number of oxime groups is 1. The Labute approximate surface area is 161 Å². The molecule has 2 aliphatic heterocycles. The van der Waals surface area contributed by atoms with Crippen LogP contribution in [0.2, 0.25) is 5.02 Å². The number of methoxy groups -OCH3 is 1. The van der Waals surface area contributed by atoms with Crippen LogP contribution in [0.3, 0.4) is 0 Å². The molecule has 2 aromatic rings. The molecule has 0 N–H and O–H groups in total. The highest BCUT2D eigenvalue weighted by atomic mass is 35.5. The minimum absolute atomic E-state index is 0.128. The fraction of sp³-hybridized carbons (Fsp3) is 0.278. The van der Waals surface area contributed by atoms with Crippen molar-refractivity contribution in [3.05, 3.63) is 58.9 Å². The molecule has 0 aromatic heterocycles. The van der Waals surface area contributed by atoms with Crippen LogP contribution in [0.5, 0.6) is 5.75 Å². The van der Waals surface area contributed by atoms with E-state index in [1.165, 1.54) is 35.7 Å². The van der Waals surface area contributed by atoms with Crippen LogP contribution in [0.4, 0.5) is 4.39 Å². The molecule has 2 aromatic carbocycles. The number of ether oxygens (including phenoxy) is 1. The van der Waals surface area contributed by atoms with Crippen LogP contribution in [0, 0.1) is 11.7 Å². The maximum Gasteiger partial charge on any atom is 0.243 e. The summed E-state index contributed by atoms with van der Waals surface area (Å²) in [5.41, 5.74) is 0.499. The lowest BCUT2D eigenvalue weighted by atomic mass is 9.94. The first kappa shape index (κ1) is 18.2. The first-order valence-corrected chi connectivity index (χ1v) is 10.1. The second-order valence-electron chi connectivity index (χ2n) is 6.32. The predicted octanol–water partition coefficient (Wildman–Crippen LogP) is 2.91. The molecule has 27 heavy (non-hydrogen) atoms. The predicted molar refractivity (Wildman–Crippen MR) is 98.1 cm³/mol. The molecule has 1 fully saturated rings. The fourth-order valence-electron chi connectivity index (χ4n) is 3.38. The summed E-state index contributed by atoms with van der Waals surface area (Å²) < 4.78 is 46.7. The lowest BCUT2D eigenvalue weighted by Gasteiger charge is -2.17. The highest BCUT2D eigenvalue weighted by Crippen LogP contribution is 2.36. The number of benzene rings is 2. The van der Waals surface area contributed by atoms with Crippen LogP contribution in [-0.2, 0) is 14.9 Å². The first-order chi connectivity index (χ1) is 12.9. The summed E-state index contributed by atoms with van der Waals surface area (Å²) in [5, 5.41) is 4.19. The molecule has 1 saturated heterocycles. The van der Waals surface area contributed by atoms with E-state index in [1.54, 1.807) is 18.2 Å². The smallest absolute Gasteiger partial charge is 0.243 e. The molecule has 0 bridgehead atoms. The van der Waals surface area contributed by atoms with Gasteiger partial charge in [-0.2, -0.15) is 4.31 Å². The molecule has 2 heterocycles. The van der Waals surface area contributed by atoms with Gasteiger partial charge in [0.1, 0.15) is 11.6 Å². The molecule has 0 saturated carbocycles. The van der Waals surface area contributed by atoms with Crippen molar-refractivity contribution < 1.29 is 22.4 Å². The average Bonchev–Trinajstić information content (AvgIpc) is 3.24. The lowest BCUT2D eigenvalue weighted by molar-refractivity contribution is 0.0803. The molecule has 2 atom stereocenters. The summed E-state index contributed by atoms with van der Waals surface area (Å²) in [6.07, 6.45) is -0.476. The molecule has 0 radical (unpaired) electrons. The Hall–Kier alpha value is -2.16. The maximum atomic E-state index is 14.3. The standard InChI is InChI=1S/C18H16ClFN2O4S/c1-25-11-4-2-5-12(8-11)27(23,24)22-9-13-16(10-22)26-21-18(13)17-14(19)6-3-7-15(17)20/h2-8,13,16H,9-10H2,1H3. The number of halogens is 2. The number of hydrogen-bond acceptors (Lipinski definition) is 5. The van der Waals surface area contributed by atoms with Gasteiger partial charge in [-0.15, -0.1) is 0 Å². The largest absolute Gasteiger partial charge is 0.497 e. The summed E-state index contributed by atoms with van der Waals surface area (Å²) >= 11 is 6.13.